The maximum atomic E-state index is 11.9. The summed E-state index contributed by atoms with van der Waals surface area (Å²) in [5.41, 5.74) is 2.96. The van der Waals surface area contributed by atoms with Crippen LogP contribution in [0.25, 0.3) is 5.57 Å². The van der Waals surface area contributed by atoms with Crippen LogP contribution in [0, 0.1) is 34.5 Å². The number of ether oxygens (including phenoxy) is 1. The van der Waals surface area contributed by atoms with Gasteiger partial charge in [-0.05, 0) is 90.2 Å². The number of carbonyl (C=O) groups is 1. The van der Waals surface area contributed by atoms with Gasteiger partial charge in [0.1, 0.15) is 0 Å². The Balaban J connectivity index is 0.000000914. The Bertz CT molecular complexity index is 776. The molecule has 186 valence electrons. The first-order valence-corrected chi connectivity index (χ1v) is 13.2. The Hall–Kier alpha value is -1.68. The molecule has 6 atom stereocenters. The second-order valence-electron chi connectivity index (χ2n) is 9.97. The molecule has 4 heteroatoms. The molecule has 0 spiro atoms. The second-order valence-corrected chi connectivity index (χ2v) is 9.97. The van der Waals surface area contributed by atoms with Crippen molar-refractivity contribution in [2.45, 2.75) is 86.5 Å². The summed E-state index contributed by atoms with van der Waals surface area (Å²) in [5.74, 6) is 2.02. The van der Waals surface area contributed by atoms with E-state index in [0.717, 1.165) is 19.3 Å². The van der Waals surface area contributed by atoms with Crippen LogP contribution >= 0.6 is 0 Å². The monoisotopic (exact) mass is 457 g/mol. The highest BCUT2D eigenvalue weighted by Crippen LogP contribution is 2.66. The number of methoxy groups -OCH3 is 1. The van der Waals surface area contributed by atoms with Gasteiger partial charge in [0.05, 0.1) is 7.11 Å². The van der Waals surface area contributed by atoms with E-state index in [0.29, 0.717) is 24.2 Å². The fourth-order valence-electron chi connectivity index (χ4n) is 7.23. The number of hydrogen-bond acceptors (Lipinski definition) is 4. The second kappa shape index (κ2) is 12.1. The molecular formula is C29H47NO3. The molecule has 6 unspecified atom stereocenters. The number of rotatable bonds is 5. The van der Waals surface area contributed by atoms with E-state index in [-0.39, 0.29) is 29.3 Å². The standard InChI is InChI=1S/C25H35NO3.2C2H6/c1-24(13-11-23(28)29-3)18(16-27)6-7-19-21-9-8-20(17-5-4-14-26-15-17)25(21,2)12-10-22(19)24;2*1-2/h4-5,8,14-15,18-19,21-22,27H,6-7,9-13,16H2,1-3H3;2*1-2H3. The molecule has 1 aromatic heterocycles. The molecule has 0 amide bonds. The van der Waals surface area contributed by atoms with E-state index in [2.05, 4.69) is 31.0 Å². The molecule has 0 saturated heterocycles. The normalized spacial score (nSPS) is 34.4. The van der Waals surface area contributed by atoms with Crippen molar-refractivity contribution in [1.82, 2.24) is 4.98 Å². The SMILES string of the molecule is CC.CC.COC(=O)CCC1(C)C(CO)CCC2C3CC=C(c4cccnc4)C3(C)CCC21. The maximum absolute atomic E-state index is 11.9. The summed E-state index contributed by atoms with van der Waals surface area (Å²) in [6.07, 6.45) is 13.3. The summed E-state index contributed by atoms with van der Waals surface area (Å²) in [4.78, 5) is 16.2. The molecule has 1 heterocycles. The van der Waals surface area contributed by atoms with E-state index in [9.17, 15) is 9.90 Å². The summed E-state index contributed by atoms with van der Waals surface area (Å²) in [7, 11) is 1.47. The first-order valence-electron chi connectivity index (χ1n) is 13.2. The third-order valence-corrected chi connectivity index (χ3v) is 8.93. The fourth-order valence-corrected chi connectivity index (χ4v) is 7.23. The van der Waals surface area contributed by atoms with Crippen LogP contribution in [0.15, 0.2) is 30.6 Å². The highest BCUT2D eigenvalue weighted by Gasteiger charge is 2.57. The van der Waals surface area contributed by atoms with E-state index in [4.69, 9.17) is 4.74 Å². The Kier molecular flexibility index (Phi) is 10.1. The molecule has 33 heavy (non-hydrogen) atoms. The average Bonchev–Trinajstić information content (AvgIpc) is 3.23. The van der Waals surface area contributed by atoms with Gasteiger partial charge in [-0.15, -0.1) is 0 Å². The number of aromatic nitrogens is 1. The summed E-state index contributed by atoms with van der Waals surface area (Å²) >= 11 is 0. The van der Waals surface area contributed by atoms with Gasteiger partial charge in [-0.25, -0.2) is 0 Å². The average molecular weight is 458 g/mol. The lowest BCUT2D eigenvalue weighted by atomic mass is 9.46. The van der Waals surface area contributed by atoms with Crippen LogP contribution in [0.5, 0.6) is 0 Å². The van der Waals surface area contributed by atoms with Gasteiger partial charge >= 0.3 is 5.97 Å². The Morgan fingerprint density at radius 2 is 1.88 bits per heavy atom. The molecule has 3 aliphatic carbocycles. The minimum Gasteiger partial charge on any atom is -0.469 e. The van der Waals surface area contributed by atoms with Crippen molar-refractivity contribution in [2.75, 3.05) is 13.7 Å². The van der Waals surface area contributed by atoms with Gasteiger partial charge < -0.3 is 9.84 Å². The molecular weight excluding hydrogens is 410 g/mol. The van der Waals surface area contributed by atoms with Crippen molar-refractivity contribution >= 4 is 11.5 Å². The molecule has 0 aliphatic heterocycles. The zero-order chi connectivity index (χ0) is 24.6. The predicted octanol–water partition coefficient (Wildman–Crippen LogP) is 6.93. The van der Waals surface area contributed by atoms with Crippen LogP contribution in [0.2, 0.25) is 0 Å². The van der Waals surface area contributed by atoms with Crippen LogP contribution in [0.1, 0.15) is 92.1 Å². The van der Waals surface area contributed by atoms with E-state index >= 15 is 0 Å². The van der Waals surface area contributed by atoms with Crippen molar-refractivity contribution in [2.24, 2.45) is 34.5 Å². The molecule has 4 nitrogen and oxygen atoms in total. The largest absolute Gasteiger partial charge is 0.469 e. The van der Waals surface area contributed by atoms with Gasteiger partial charge in [0.2, 0.25) is 0 Å². The van der Waals surface area contributed by atoms with E-state index in [1.54, 1.807) is 0 Å². The van der Waals surface area contributed by atoms with Crippen LogP contribution < -0.4 is 0 Å². The summed E-state index contributed by atoms with van der Waals surface area (Å²) in [6.45, 7) is 13.0. The lowest BCUT2D eigenvalue weighted by molar-refractivity contribution is -0.144. The molecule has 3 aliphatic rings. The minimum atomic E-state index is -0.132. The molecule has 0 aromatic carbocycles. The van der Waals surface area contributed by atoms with Gasteiger partial charge in [-0.2, -0.15) is 0 Å². The lowest BCUT2D eigenvalue weighted by Gasteiger charge is -2.58. The number of pyridine rings is 1. The fraction of sp³-hybridized carbons (Fsp3) is 0.724. The third-order valence-electron chi connectivity index (χ3n) is 8.93. The Morgan fingerprint density at radius 1 is 1.15 bits per heavy atom. The van der Waals surface area contributed by atoms with Crippen LogP contribution in [0.3, 0.4) is 0 Å². The van der Waals surface area contributed by atoms with Gasteiger partial charge in [0.15, 0.2) is 0 Å². The summed E-state index contributed by atoms with van der Waals surface area (Å²) in [5, 5.41) is 10.1. The predicted molar refractivity (Wildman–Crippen MR) is 137 cm³/mol. The van der Waals surface area contributed by atoms with Crippen molar-refractivity contribution in [3.63, 3.8) is 0 Å². The number of nitrogens with zero attached hydrogens (tertiary/aromatic N) is 1. The summed E-state index contributed by atoms with van der Waals surface area (Å²) < 4.78 is 4.92. The molecule has 0 bridgehead atoms. The number of esters is 1. The topological polar surface area (TPSA) is 59.4 Å². The minimum absolute atomic E-state index is 0.00421. The van der Waals surface area contributed by atoms with Crippen LogP contribution in [-0.2, 0) is 9.53 Å². The number of allylic oxidation sites excluding steroid dienone is 2. The molecule has 1 aromatic rings. The van der Waals surface area contributed by atoms with Gasteiger partial charge in [-0.1, -0.05) is 53.7 Å². The molecule has 2 fully saturated rings. The van der Waals surface area contributed by atoms with Crippen LogP contribution in [0.4, 0.5) is 0 Å². The maximum Gasteiger partial charge on any atom is 0.305 e. The van der Waals surface area contributed by atoms with Crippen molar-refractivity contribution in [3.8, 4) is 0 Å². The Morgan fingerprint density at radius 3 is 2.48 bits per heavy atom. The molecule has 1 N–H and O–H groups in total. The zero-order valence-corrected chi connectivity index (χ0v) is 22.1. The van der Waals surface area contributed by atoms with E-state index in [1.165, 1.54) is 37.5 Å². The van der Waals surface area contributed by atoms with Crippen molar-refractivity contribution < 1.29 is 14.6 Å². The highest BCUT2D eigenvalue weighted by molar-refractivity contribution is 5.72. The number of fused-ring (bicyclic) bond motifs is 3. The molecule has 4 rings (SSSR count). The summed E-state index contributed by atoms with van der Waals surface area (Å²) in [6, 6.07) is 4.23. The number of carbonyl (C=O) groups excluding carboxylic acids is 1. The Labute approximate surface area is 202 Å². The lowest BCUT2D eigenvalue weighted by Crippen LogP contribution is -2.52. The van der Waals surface area contributed by atoms with Gasteiger partial charge in [0, 0.05) is 25.4 Å². The van der Waals surface area contributed by atoms with Crippen molar-refractivity contribution in [1.29, 1.82) is 0 Å². The van der Waals surface area contributed by atoms with Gasteiger partial charge in [0.25, 0.3) is 0 Å². The number of hydrogen-bond donors (Lipinski definition) is 1. The molecule has 0 radical (unpaired) electrons. The first-order chi connectivity index (χ1) is 15.9. The van der Waals surface area contributed by atoms with Gasteiger partial charge in [-0.3, -0.25) is 9.78 Å². The van der Waals surface area contributed by atoms with E-state index < -0.39 is 0 Å². The smallest absolute Gasteiger partial charge is 0.305 e. The molecule has 2 saturated carbocycles. The quantitative estimate of drug-likeness (QED) is 0.487. The number of aliphatic hydroxyl groups excluding tert-OH is 1. The third kappa shape index (κ3) is 5.21. The van der Waals surface area contributed by atoms with Crippen LogP contribution in [-0.4, -0.2) is 29.8 Å². The van der Waals surface area contributed by atoms with E-state index in [1.807, 2.05) is 46.2 Å². The highest BCUT2D eigenvalue weighted by atomic mass is 16.5. The van der Waals surface area contributed by atoms with Crippen molar-refractivity contribution in [3.05, 3.63) is 36.2 Å². The zero-order valence-electron chi connectivity index (χ0n) is 22.1. The number of aliphatic hydroxyl groups is 1. The first kappa shape index (κ1) is 27.6.